The maximum Gasteiger partial charge on any atom is 0.293 e. The molecule has 0 atom stereocenters. The molecule has 2 N–H and O–H groups in total. The smallest absolute Gasteiger partial charge is 0.293 e. The zero-order chi connectivity index (χ0) is 15.9. The molecule has 1 aromatic carbocycles. The van der Waals surface area contributed by atoms with Gasteiger partial charge in [0.05, 0.1) is 6.54 Å². The lowest BCUT2D eigenvalue weighted by Gasteiger charge is -2.06. The quantitative estimate of drug-likeness (QED) is 0.862. The molecule has 0 spiro atoms. The standard InChI is InChI=1S/C17H19N3O2/c1-13(10-18)11-19-12-14-5-7-15(8-6-14)22-16-4-3-9-20(2)17(16)21/h3-11H,12,18H2,1-2H3/b13-10-,19-11?. The van der Waals surface area contributed by atoms with Gasteiger partial charge >= 0.3 is 0 Å². The van der Waals surface area contributed by atoms with Crippen LogP contribution < -0.4 is 16.0 Å². The first-order valence-electron chi connectivity index (χ1n) is 6.91. The van der Waals surface area contributed by atoms with Crippen molar-refractivity contribution >= 4 is 6.21 Å². The minimum absolute atomic E-state index is 0.166. The van der Waals surface area contributed by atoms with Gasteiger partial charge in [0, 0.05) is 19.5 Å². The summed E-state index contributed by atoms with van der Waals surface area (Å²) in [4.78, 5) is 16.2. The third kappa shape index (κ3) is 4.09. The van der Waals surface area contributed by atoms with E-state index < -0.39 is 0 Å². The van der Waals surface area contributed by atoms with Crippen molar-refractivity contribution in [2.45, 2.75) is 13.5 Å². The fourth-order valence-corrected chi connectivity index (χ4v) is 1.78. The van der Waals surface area contributed by atoms with E-state index >= 15 is 0 Å². The molecule has 0 saturated carbocycles. The Morgan fingerprint density at radius 1 is 1.32 bits per heavy atom. The van der Waals surface area contributed by atoms with E-state index in [1.807, 2.05) is 31.2 Å². The summed E-state index contributed by atoms with van der Waals surface area (Å²) in [6, 6.07) is 10.9. The molecule has 0 aliphatic heterocycles. The Morgan fingerprint density at radius 3 is 2.73 bits per heavy atom. The number of pyridine rings is 1. The number of hydrogen-bond donors (Lipinski definition) is 1. The van der Waals surface area contributed by atoms with Crippen LogP contribution in [-0.4, -0.2) is 10.8 Å². The van der Waals surface area contributed by atoms with Crippen LogP contribution in [0.25, 0.3) is 0 Å². The molecular weight excluding hydrogens is 278 g/mol. The topological polar surface area (TPSA) is 69.6 Å². The lowest BCUT2D eigenvalue weighted by atomic mass is 10.2. The zero-order valence-electron chi connectivity index (χ0n) is 12.7. The highest BCUT2D eigenvalue weighted by atomic mass is 16.5. The highest BCUT2D eigenvalue weighted by molar-refractivity contribution is 5.77. The third-order valence-corrected chi connectivity index (χ3v) is 3.07. The van der Waals surface area contributed by atoms with Crippen LogP contribution in [0.4, 0.5) is 0 Å². The Hall–Kier alpha value is -2.82. The lowest BCUT2D eigenvalue weighted by molar-refractivity contribution is 0.469. The van der Waals surface area contributed by atoms with Crippen LogP contribution in [-0.2, 0) is 13.6 Å². The van der Waals surface area contributed by atoms with Crippen LogP contribution in [0.2, 0.25) is 0 Å². The number of nitrogens with two attached hydrogens (primary N) is 1. The predicted octanol–water partition coefficient (Wildman–Crippen LogP) is 2.61. The summed E-state index contributed by atoms with van der Waals surface area (Å²) in [5.41, 5.74) is 7.17. The van der Waals surface area contributed by atoms with Gasteiger partial charge in [-0.15, -0.1) is 0 Å². The molecule has 0 saturated heterocycles. The number of benzene rings is 1. The number of aryl methyl sites for hydroxylation is 1. The number of nitrogens with zero attached hydrogens (tertiary/aromatic N) is 2. The molecule has 0 radical (unpaired) electrons. The number of ether oxygens (including phenoxy) is 1. The molecule has 2 aromatic rings. The molecule has 0 aliphatic rings. The molecule has 5 nitrogen and oxygen atoms in total. The molecule has 114 valence electrons. The van der Waals surface area contributed by atoms with Gasteiger partial charge in [0.1, 0.15) is 5.75 Å². The Labute approximate surface area is 129 Å². The molecule has 22 heavy (non-hydrogen) atoms. The summed E-state index contributed by atoms with van der Waals surface area (Å²) in [6.45, 7) is 2.46. The van der Waals surface area contributed by atoms with Crippen molar-refractivity contribution in [3.8, 4) is 11.5 Å². The first kappa shape index (κ1) is 15.6. The molecule has 0 amide bonds. The van der Waals surface area contributed by atoms with Crippen molar-refractivity contribution in [3.05, 3.63) is 70.3 Å². The molecule has 5 heteroatoms. The second-order valence-corrected chi connectivity index (χ2v) is 4.91. The fraction of sp³-hybridized carbons (Fsp3) is 0.176. The van der Waals surface area contributed by atoms with Crippen LogP contribution in [0, 0.1) is 0 Å². The predicted molar refractivity (Wildman–Crippen MR) is 88.3 cm³/mol. The van der Waals surface area contributed by atoms with Gasteiger partial charge in [0.25, 0.3) is 5.56 Å². The van der Waals surface area contributed by atoms with E-state index in [1.54, 1.807) is 31.6 Å². The Balaban J connectivity index is 2.05. The monoisotopic (exact) mass is 297 g/mol. The van der Waals surface area contributed by atoms with Gasteiger partial charge in [-0.1, -0.05) is 12.1 Å². The molecule has 1 aromatic heterocycles. The fourth-order valence-electron chi connectivity index (χ4n) is 1.78. The summed E-state index contributed by atoms with van der Waals surface area (Å²) >= 11 is 0. The maximum absolute atomic E-state index is 11.9. The zero-order valence-corrected chi connectivity index (χ0v) is 12.7. The summed E-state index contributed by atoms with van der Waals surface area (Å²) in [6.07, 6.45) is 4.94. The molecular formula is C17H19N3O2. The summed E-state index contributed by atoms with van der Waals surface area (Å²) in [5, 5.41) is 0. The van der Waals surface area contributed by atoms with Crippen LogP contribution in [0.3, 0.4) is 0 Å². The maximum atomic E-state index is 11.9. The van der Waals surface area contributed by atoms with Gasteiger partial charge in [-0.3, -0.25) is 9.79 Å². The molecule has 0 aliphatic carbocycles. The second-order valence-electron chi connectivity index (χ2n) is 4.91. The molecule has 0 fully saturated rings. The van der Waals surface area contributed by atoms with E-state index in [0.717, 1.165) is 11.1 Å². The first-order chi connectivity index (χ1) is 10.6. The largest absolute Gasteiger partial charge is 0.452 e. The highest BCUT2D eigenvalue weighted by Gasteiger charge is 2.03. The Morgan fingerprint density at radius 2 is 2.05 bits per heavy atom. The summed E-state index contributed by atoms with van der Waals surface area (Å²) < 4.78 is 7.09. The minimum atomic E-state index is -0.166. The van der Waals surface area contributed by atoms with Gasteiger partial charge in [-0.2, -0.15) is 0 Å². The van der Waals surface area contributed by atoms with Gasteiger partial charge in [0.15, 0.2) is 5.75 Å². The van der Waals surface area contributed by atoms with E-state index in [-0.39, 0.29) is 5.56 Å². The number of aliphatic imine (C=N–C) groups is 1. The lowest BCUT2D eigenvalue weighted by Crippen LogP contribution is -2.16. The van der Waals surface area contributed by atoms with E-state index in [1.165, 1.54) is 10.8 Å². The number of aromatic nitrogens is 1. The average molecular weight is 297 g/mol. The highest BCUT2D eigenvalue weighted by Crippen LogP contribution is 2.18. The van der Waals surface area contributed by atoms with Gasteiger partial charge in [0.2, 0.25) is 0 Å². The Kier molecular flexibility index (Phi) is 5.14. The normalized spacial score (nSPS) is 11.8. The molecule has 0 unspecified atom stereocenters. The summed E-state index contributed by atoms with van der Waals surface area (Å²) in [5.74, 6) is 0.925. The average Bonchev–Trinajstić information content (AvgIpc) is 2.53. The van der Waals surface area contributed by atoms with Crippen LogP contribution in [0.15, 0.2) is 64.2 Å². The number of allylic oxidation sites excluding steroid dienone is 1. The third-order valence-electron chi connectivity index (χ3n) is 3.07. The number of rotatable bonds is 5. The van der Waals surface area contributed by atoms with Gasteiger partial charge in [-0.25, -0.2) is 0 Å². The minimum Gasteiger partial charge on any atom is -0.452 e. The van der Waals surface area contributed by atoms with E-state index in [0.29, 0.717) is 18.0 Å². The first-order valence-corrected chi connectivity index (χ1v) is 6.91. The molecule has 1 heterocycles. The second kappa shape index (κ2) is 7.26. The van der Waals surface area contributed by atoms with Gasteiger partial charge in [-0.05, 0) is 48.5 Å². The van der Waals surface area contributed by atoms with E-state index in [2.05, 4.69) is 4.99 Å². The van der Waals surface area contributed by atoms with Gasteiger partial charge < -0.3 is 15.0 Å². The number of hydrogen-bond acceptors (Lipinski definition) is 4. The van der Waals surface area contributed by atoms with Crippen molar-refractivity contribution in [1.82, 2.24) is 4.57 Å². The van der Waals surface area contributed by atoms with Crippen LogP contribution in [0.1, 0.15) is 12.5 Å². The van der Waals surface area contributed by atoms with Crippen molar-refractivity contribution < 1.29 is 4.74 Å². The van der Waals surface area contributed by atoms with Crippen molar-refractivity contribution in [2.24, 2.45) is 17.8 Å². The Bertz CT molecular complexity index is 743. The molecule has 2 rings (SSSR count). The van der Waals surface area contributed by atoms with Crippen molar-refractivity contribution in [2.75, 3.05) is 0 Å². The van der Waals surface area contributed by atoms with Crippen molar-refractivity contribution in [1.29, 1.82) is 0 Å². The van der Waals surface area contributed by atoms with E-state index in [4.69, 9.17) is 10.5 Å². The van der Waals surface area contributed by atoms with Crippen molar-refractivity contribution in [3.63, 3.8) is 0 Å². The summed E-state index contributed by atoms with van der Waals surface area (Å²) in [7, 11) is 1.69. The van der Waals surface area contributed by atoms with Crippen LogP contribution in [0.5, 0.6) is 11.5 Å². The van der Waals surface area contributed by atoms with E-state index in [9.17, 15) is 4.79 Å². The molecule has 0 bridgehead atoms. The van der Waals surface area contributed by atoms with Crippen LogP contribution >= 0.6 is 0 Å². The SMILES string of the molecule is C/C(C=NCc1ccc(Oc2cccn(C)c2=O)cc1)=C/N.